The van der Waals surface area contributed by atoms with E-state index in [1.54, 1.807) is 19.1 Å². The van der Waals surface area contributed by atoms with Crippen molar-refractivity contribution in [1.29, 1.82) is 0 Å². The molecule has 0 aliphatic heterocycles. The van der Waals surface area contributed by atoms with Gasteiger partial charge in [-0.15, -0.1) is 5.11 Å². The van der Waals surface area contributed by atoms with Gasteiger partial charge in [0.2, 0.25) is 0 Å². The van der Waals surface area contributed by atoms with Gasteiger partial charge in [-0.1, -0.05) is 23.8 Å². The molecule has 0 unspecified atom stereocenters. The third-order valence-electron chi connectivity index (χ3n) is 4.20. The summed E-state index contributed by atoms with van der Waals surface area (Å²) in [5.74, 6) is -0.855. The molecule has 0 saturated carbocycles. The van der Waals surface area contributed by atoms with E-state index in [-0.39, 0.29) is 46.0 Å². The van der Waals surface area contributed by atoms with Gasteiger partial charge in [0, 0.05) is 5.39 Å². The van der Waals surface area contributed by atoms with Gasteiger partial charge in [-0.2, -0.15) is 13.5 Å². The SMILES string of the molecule is Cc1ccc(N=Nc2c(O)c(S(=O)(=O)O)cc3cc(S(=O)(=O)[O-])ccc23)c(C)c1.[Na+]. The van der Waals surface area contributed by atoms with E-state index in [0.29, 0.717) is 5.69 Å². The van der Waals surface area contributed by atoms with Gasteiger partial charge in [-0.25, -0.2) is 8.42 Å². The van der Waals surface area contributed by atoms with Gasteiger partial charge in [0.1, 0.15) is 20.7 Å². The number of azo groups is 1. The van der Waals surface area contributed by atoms with Crippen LogP contribution in [0.2, 0.25) is 0 Å². The number of aryl methyl sites for hydroxylation is 2. The molecule has 0 amide bonds. The van der Waals surface area contributed by atoms with E-state index < -0.39 is 35.8 Å². The number of phenolic OH excluding ortho intramolecular Hbond substituents is 1. The maximum absolute atomic E-state index is 11.6. The van der Waals surface area contributed by atoms with Crippen molar-refractivity contribution in [2.75, 3.05) is 0 Å². The van der Waals surface area contributed by atoms with Crippen LogP contribution in [0.4, 0.5) is 11.4 Å². The van der Waals surface area contributed by atoms with E-state index in [0.717, 1.165) is 29.3 Å². The van der Waals surface area contributed by atoms with Gasteiger partial charge in [0.05, 0.1) is 10.6 Å². The fourth-order valence-corrected chi connectivity index (χ4v) is 3.93. The molecule has 0 aromatic heterocycles. The number of hydrogen-bond acceptors (Lipinski definition) is 8. The van der Waals surface area contributed by atoms with Crippen LogP contribution in [0.25, 0.3) is 10.8 Å². The van der Waals surface area contributed by atoms with Crippen molar-refractivity contribution < 1.29 is 60.6 Å². The van der Waals surface area contributed by atoms with Crippen LogP contribution in [-0.4, -0.2) is 31.0 Å². The predicted molar refractivity (Wildman–Crippen MR) is 103 cm³/mol. The normalized spacial score (nSPS) is 12.3. The van der Waals surface area contributed by atoms with E-state index >= 15 is 0 Å². The molecule has 0 radical (unpaired) electrons. The number of rotatable bonds is 4. The van der Waals surface area contributed by atoms with Crippen LogP contribution < -0.4 is 29.6 Å². The second kappa shape index (κ2) is 8.71. The van der Waals surface area contributed by atoms with Crippen molar-refractivity contribution >= 4 is 42.4 Å². The first-order chi connectivity index (χ1) is 13.4. The summed E-state index contributed by atoms with van der Waals surface area (Å²) in [4.78, 5) is -1.49. The third kappa shape index (κ3) is 5.06. The molecule has 0 bridgehead atoms. The first-order valence-electron chi connectivity index (χ1n) is 8.10. The molecular weight excluding hydrogens is 443 g/mol. The van der Waals surface area contributed by atoms with Gasteiger partial charge in [0.15, 0.2) is 5.75 Å². The van der Waals surface area contributed by atoms with Crippen LogP contribution in [0.1, 0.15) is 11.1 Å². The second-order valence-electron chi connectivity index (χ2n) is 6.37. The summed E-state index contributed by atoms with van der Waals surface area (Å²) in [6.45, 7) is 3.68. The number of hydrogen-bond donors (Lipinski definition) is 2. The van der Waals surface area contributed by atoms with E-state index in [9.17, 15) is 31.0 Å². The van der Waals surface area contributed by atoms with Crippen molar-refractivity contribution in [3.63, 3.8) is 0 Å². The van der Waals surface area contributed by atoms with Crippen LogP contribution in [0, 0.1) is 13.8 Å². The molecule has 0 aliphatic rings. The number of nitrogens with zero attached hydrogens (tertiary/aromatic N) is 2. The molecule has 2 N–H and O–H groups in total. The molecule has 152 valence electrons. The first kappa shape index (κ1) is 24.4. The van der Waals surface area contributed by atoms with Gasteiger partial charge in [-0.3, -0.25) is 4.55 Å². The number of benzene rings is 3. The van der Waals surface area contributed by atoms with Crippen LogP contribution >= 0.6 is 0 Å². The Hall–Kier alpha value is -1.86. The topological polar surface area (TPSA) is 157 Å². The summed E-state index contributed by atoms with van der Waals surface area (Å²) in [5, 5.41) is 18.4. The Balaban J connectivity index is 0.00000320. The Morgan fingerprint density at radius 2 is 1.60 bits per heavy atom. The van der Waals surface area contributed by atoms with Crippen molar-refractivity contribution in [2.45, 2.75) is 23.6 Å². The average Bonchev–Trinajstić information content (AvgIpc) is 2.59. The zero-order valence-corrected chi connectivity index (χ0v) is 19.8. The summed E-state index contributed by atoms with van der Waals surface area (Å²) >= 11 is 0. The van der Waals surface area contributed by atoms with E-state index in [1.165, 1.54) is 6.07 Å². The fourth-order valence-electron chi connectivity index (χ4n) is 2.80. The molecule has 0 atom stereocenters. The molecule has 0 fully saturated rings. The van der Waals surface area contributed by atoms with Crippen LogP contribution in [0.3, 0.4) is 0 Å². The van der Waals surface area contributed by atoms with Gasteiger partial charge < -0.3 is 9.66 Å². The van der Waals surface area contributed by atoms with Crippen LogP contribution in [-0.2, 0) is 20.2 Å². The first-order valence-corrected chi connectivity index (χ1v) is 10.9. The Bertz CT molecular complexity index is 1390. The van der Waals surface area contributed by atoms with Crippen molar-refractivity contribution in [3.8, 4) is 5.75 Å². The summed E-state index contributed by atoms with van der Waals surface area (Å²) in [7, 11) is -9.68. The minimum Gasteiger partial charge on any atom is -0.744 e. The molecule has 0 saturated heterocycles. The Morgan fingerprint density at radius 1 is 0.933 bits per heavy atom. The van der Waals surface area contributed by atoms with E-state index in [2.05, 4.69) is 10.2 Å². The zero-order valence-electron chi connectivity index (χ0n) is 16.2. The van der Waals surface area contributed by atoms with Crippen LogP contribution in [0.5, 0.6) is 5.75 Å². The molecule has 9 nitrogen and oxygen atoms in total. The Kier molecular flexibility index (Phi) is 7.09. The summed E-state index contributed by atoms with van der Waals surface area (Å²) in [6, 6.07) is 9.32. The molecule has 12 heteroatoms. The van der Waals surface area contributed by atoms with Crippen molar-refractivity contribution in [3.05, 3.63) is 53.6 Å². The summed E-state index contributed by atoms with van der Waals surface area (Å²) in [5.41, 5.74) is 1.93. The number of aromatic hydroxyl groups is 1. The molecular formula is C18H15N2NaO7S2. The molecule has 0 spiro atoms. The minimum atomic E-state index is -4.87. The van der Waals surface area contributed by atoms with E-state index in [4.69, 9.17) is 0 Å². The third-order valence-corrected chi connectivity index (χ3v) is 5.90. The molecule has 30 heavy (non-hydrogen) atoms. The monoisotopic (exact) mass is 458 g/mol. The largest absolute Gasteiger partial charge is 1.00 e. The van der Waals surface area contributed by atoms with Crippen molar-refractivity contribution in [1.82, 2.24) is 0 Å². The molecule has 3 aromatic rings. The van der Waals surface area contributed by atoms with Crippen LogP contribution in [0.15, 0.2) is 62.5 Å². The number of phenols is 1. The summed E-state index contributed by atoms with van der Waals surface area (Å²) < 4.78 is 66.5. The fraction of sp³-hybridized carbons (Fsp3) is 0.111. The predicted octanol–water partition coefficient (Wildman–Crippen LogP) is 0.732. The Labute approximate surface area is 195 Å². The van der Waals surface area contributed by atoms with E-state index in [1.807, 2.05) is 13.0 Å². The minimum absolute atomic E-state index is 0. The van der Waals surface area contributed by atoms with Gasteiger partial charge >= 0.3 is 29.6 Å². The summed E-state index contributed by atoms with van der Waals surface area (Å²) in [6.07, 6.45) is 0. The second-order valence-corrected chi connectivity index (χ2v) is 9.14. The average molecular weight is 458 g/mol. The molecule has 3 aromatic carbocycles. The molecule has 3 rings (SSSR count). The maximum atomic E-state index is 11.6. The number of fused-ring (bicyclic) bond motifs is 1. The maximum Gasteiger partial charge on any atom is 1.00 e. The quantitative estimate of drug-likeness (QED) is 0.331. The molecule has 0 heterocycles. The Morgan fingerprint density at radius 3 is 2.17 bits per heavy atom. The smallest absolute Gasteiger partial charge is 0.744 e. The van der Waals surface area contributed by atoms with Gasteiger partial charge in [-0.05, 0) is 49.1 Å². The molecule has 0 aliphatic carbocycles. The van der Waals surface area contributed by atoms with Crippen molar-refractivity contribution in [2.24, 2.45) is 10.2 Å². The zero-order chi connectivity index (χ0) is 21.6. The standard InChI is InChI=1S/C18H16N2O7S2.Na/c1-10-3-6-15(11(2)7-10)19-20-17-14-5-4-13(28(22,23)24)8-12(14)9-16(18(17)21)29(25,26)27;/h3-9,21H,1-2H3,(H,22,23,24)(H,25,26,27);/q;+1/p-1. The van der Waals surface area contributed by atoms with Gasteiger partial charge in [0.25, 0.3) is 10.1 Å².